The smallest absolute Gasteiger partial charge is 0.231 e. The second-order valence-electron chi connectivity index (χ2n) is 4.32. The third-order valence-electron chi connectivity index (χ3n) is 2.74. The summed E-state index contributed by atoms with van der Waals surface area (Å²) < 4.78 is 0. The number of benzene rings is 1. The van der Waals surface area contributed by atoms with Crippen LogP contribution < -0.4 is 5.32 Å². The quantitative estimate of drug-likeness (QED) is 0.385. The number of nitrogens with one attached hydrogen (secondary N) is 1. The summed E-state index contributed by atoms with van der Waals surface area (Å²) in [6.07, 6.45) is 3.11. The number of allylic oxidation sites excluding steroid dienone is 1. The SMILES string of the molecule is CSc1nc(C)nc(NC=C(C#N)C(=O)c2ccccc2Cl)n1. The van der Waals surface area contributed by atoms with Crippen LogP contribution in [-0.2, 0) is 0 Å². The molecule has 6 nitrogen and oxygen atoms in total. The minimum absolute atomic E-state index is 0.0955. The lowest BCUT2D eigenvalue weighted by Crippen LogP contribution is -2.07. The van der Waals surface area contributed by atoms with Crippen molar-refractivity contribution < 1.29 is 4.79 Å². The number of aromatic nitrogens is 3. The van der Waals surface area contributed by atoms with E-state index in [2.05, 4.69) is 20.3 Å². The maximum atomic E-state index is 12.3. The number of ketones is 1. The second-order valence-corrected chi connectivity index (χ2v) is 5.50. The van der Waals surface area contributed by atoms with Crippen molar-refractivity contribution in [1.29, 1.82) is 5.26 Å². The van der Waals surface area contributed by atoms with Gasteiger partial charge in [-0.15, -0.1) is 0 Å². The number of nitrogens with zero attached hydrogens (tertiary/aromatic N) is 4. The number of Topliss-reactive ketones (excluding diaryl/α,β-unsaturated/α-hetero) is 1. The molecule has 1 aromatic carbocycles. The molecule has 116 valence electrons. The average molecular weight is 346 g/mol. The first-order valence-electron chi connectivity index (χ1n) is 6.48. The van der Waals surface area contributed by atoms with Gasteiger partial charge in [-0.1, -0.05) is 35.5 Å². The van der Waals surface area contributed by atoms with Crippen molar-refractivity contribution in [2.75, 3.05) is 11.6 Å². The van der Waals surface area contributed by atoms with E-state index in [-0.39, 0.29) is 17.1 Å². The number of anilines is 1. The molecule has 0 radical (unpaired) electrons. The predicted octanol–water partition coefficient (Wildman–Crippen LogP) is 3.26. The maximum Gasteiger partial charge on any atom is 0.231 e. The third kappa shape index (κ3) is 4.28. The maximum absolute atomic E-state index is 12.3. The van der Waals surface area contributed by atoms with Gasteiger partial charge in [0.1, 0.15) is 17.5 Å². The molecule has 0 saturated heterocycles. The Balaban J connectivity index is 2.26. The van der Waals surface area contributed by atoms with Gasteiger partial charge >= 0.3 is 0 Å². The van der Waals surface area contributed by atoms with E-state index in [1.54, 1.807) is 31.2 Å². The average Bonchev–Trinajstić information content (AvgIpc) is 2.55. The van der Waals surface area contributed by atoms with E-state index in [0.29, 0.717) is 16.0 Å². The molecule has 0 saturated carbocycles. The molecular formula is C15H12ClN5OS. The number of thioether (sulfide) groups is 1. The van der Waals surface area contributed by atoms with Gasteiger partial charge in [0.05, 0.1) is 5.02 Å². The van der Waals surface area contributed by atoms with Crippen LogP contribution in [0.15, 0.2) is 41.2 Å². The van der Waals surface area contributed by atoms with E-state index in [9.17, 15) is 10.1 Å². The van der Waals surface area contributed by atoms with Gasteiger partial charge in [0.2, 0.25) is 11.7 Å². The third-order valence-corrected chi connectivity index (χ3v) is 3.62. The van der Waals surface area contributed by atoms with Crippen LogP contribution in [0.1, 0.15) is 16.2 Å². The molecule has 0 unspecified atom stereocenters. The van der Waals surface area contributed by atoms with Gasteiger partial charge in [0, 0.05) is 11.8 Å². The van der Waals surface area contributed by atoms with Crippen LogP contribution in [0.5, 0.6) is 0 Å². The molecule has 0 aliphatic heterocycles. The molecule has 0 aliphatic rings. The highest BCUT2D eigenvalue weighted by Crippen LogP contribution is 2.18. The second kappa shape index (κ2) is 7.72. The van der Waals surface area contributed by atoms with Crippen molar-refractivity contribution in [3.05, 3.63) is 52.4 Å². The zero-order valence-electron chi connectivity index (χ0n) is 12.4. The number of hydrogen-bond acceptors (Lipinski definition) is 7. The molecule has 0 fully saturated rings. The zero-order chi connectivity index (χ0) is 16.8. The Hall–Kier alpha value is -2.43. The molecule has 0 aliphatic carbocycles. The van der Waals surface area contributed by atoms with Crippen LogP contribution in [0, 0.1) is 18.3 Å². The molecule has 23 heavy (non-hydrogen) atoms. The Morgan fingerprint density at radius 1 is 1.35 bits per heavy atom. The van der Waals surface area contributed by atoms with Crippen LogP contribution in [0.2, 0.25) is 5.02 Å². The van der Waals surface area contributed by atoms with E-state index in [1.165, 1.54) is 18.0 Å². The van der Waals surface area contributed by atoms with Crippen LogP contribution in [0.3, 0.4) is 0 Å². The zero-order valence-corrected chi connectivity index (χ0v) is 13.9. The Kier molecular flexibility index (Phi) is 5.68. The van der Waals surface area contributed by atoms with Crippen LogP contribution in [0.25, 0.3) is 0 Å². The summed E-state index contributed by atoms with van der Waals surface area (Å²) in [5, 5.41) is 12.8. The van der Waals surface area contributed by atoms with Gasteiger partial charge in [0.25, 0.3) is 0 Å². The van der Waals surface area contributed by atoms with Gasteiger partial charge in [0.15, 0.2) is 5.16 Å². The highest BCUT2D eigenvalue weighted by Gasteiger charge is 2.15. The highest BCUT2D eigenvalue weighted by molar-refractivity contribution is 7.98. The summed E-state index contributed by atoms with van der Waals surface area (Å²) in [6.45, 7) is 1.73. The first kappa shape index (κ1) is 16.9. The lowest BCUT2D eigenvalue weighted by Gasteiger charge is -2.04. The van der Waals surface area contributed by atoms with E-state index in [1.807, 2.05) is 12.3 Å². The van der Waals surface area contributed by atoms with Crippen molar-refractivity contribution in [1.82, 2.24) is 15.0 Å². The van der Waals surface area contributed by atoms with Crippen molar-refractivity contribution in [2.45, 2.75) is 12.1 Å². The summed E-state index contributed by atoms with van der Waals surface area (Å²) in [4.78, 5) is 24.7. The lowest BCUT2D eigenvalue weighted by molar-refractivity contribution is 0.103. The summed E-state index contributed by atoms with van der Waals surface area (Å²) in [5.41, 5.74) is 0.169. The number of carbonyl (C=O) groups excluding carboxylic acids is 1. The predicted molar refractivity (Wildman–Crippen MR) is 89.4 cm³/mol. The largest absolute Gasteiger partial charge is 0.329 e. The Labute approximate surface area is 142 Å². The lowest BCUT2D eigenvalue weighted by atomic mass is 10.1. The van der Waals surface area contributed by atoms with Gasteiger partial charge in [-0.25, -0.2) is 4.98 Å². The summed E-state index contributed by atoms with van der Waals surface area (Å²) in [6, 6.07) is 8.41. The van der Waals surface area contributed by atoms with E-state index >= 15 is 0 Å². The first-order chi connectivity index (χ1) is 11.0. The molecule has 1 aromatic heterocycles. The molecule has 1 N–H and O–H groups in total. The number of aryl methyl sites for hydroxylation is 1. The van der Waals surface area contributed by atoms with Gasteiger partial charge in [-0.05, 0) is 25.3 Å². The van der Waals surface area contributed by atoms with Gasteiger partial charge < -0.3 is 5.32 Å². The fourth-order valence-corrected chi connectivity index (χ4v) is 2.31. The molecule has 1 heterocycles. The molecule has 0 amide bonds. The minimum Gasteiger partial charge on any atom is -0.329 e. The van der Waals surface area contributed by atoms with Crippen molar-refractivity contribution in [3.63, 3.8) is 0 Å². The molecular weight excluding hydrogens is 334 g/mol. The van der Waals surface area contributed by atoms with Gasteiger partial charge in [-0.3, -0.25) is 4.79 Å². The Morgan fingerprint density at radius 2 is 2.09 bits per heavy atom. The number of nitriles is 1. The molecule has 0 bridgehead atoms. The molecule has 2 rings (SSSR count). The van der Waals surface area contributed by atoms with E-state index in [0.717, 1.165) is 0 Å². The molecule has 0 atom stereocenters. The minimum atomic E-state index is -0.471. The number of halogens is 1. The van der Waals surface area contributed by atoms with Crippen molar-refractivity contribution >= 4 is 35.1 Å². The Bertz CT molecular complexity index is 816. The van der Waals surface area contributed by atoms with Gasteiger partial charge in [-0.2, -0.15) is 15.2 Å². The first-order valence-corrected chi connectivity index (χ1v) is 8.08. The van der Waals surface area contributed by atoms with E-state index < -0.39 is 5.78 Å². The monoisotopic (exact) mass is 345 g/mol. The topological polar surface area (TPSA) is 91.6 Å². The van der Waals surface area contributed by atoms with Crippen molar-refractivity contribution in [3.8, 4) is 6.07 Å². The normalized spacial score (nSPS) is 11.0. The Morgan fingerprint density at radius 3 is 2.74 bits per heavy atom. The number of rotatable bonds is 5. The molecule has 0 spiro atoms. The van der Waals surface area contributed by atoms with Crippen LogP contribution >= 0.6 is 23.4 Å². The highest BCUT2D eigenvalue weighted by atomic mass is 35.5. The molecule has 2 aromatic rings. The number of hydrogen-bond donors (Lipinski definition) is 1. The fourth-order valence-electron chi connectivity index (χ4n) is 1.69. The summed E-state index contributed by atoms with van der Waals surface area (Å²) in [5.74, 6) is 0.333. The standard InChI is InChI=1S/C15H12ClN5OS/c1-9-19-14(21-15(20-9)23-2)18-8-10(7-17)13(22)11-5-3-4-6-12(11)16/h3-6,8H,1-2H3,(H,18,19,20,21). The summed E-state index contributed by atoms with van der Waals surface area (Å²) >= 11 is 7.35. The van der Waals surface area contributed by atoms with E-state index in [4.69, 9.17) is 11.6 Å². The summed E-state index contributed by atoms with van der Waals surface area (Å²) in [7, 11) is 0. The van der Waals surface area contributed by atoms with Crippen LogP contribution in [-0.4, -0.2) is 27.0 Å². The van der Waals surface area contributed by atoms with Crippen molar-refractivity contribution in [2.24, 2.45) is 0 Å². The van der Waals surface area contributed by atoms with Crippen LogP contribution in [0.4, 0.5) is 5.95 Å². The molecule has 8 heteroatoms. The fraction of sp³-hybridized carbons (Fsp3) is 0.133. The number of carbonyl (C=O) groups is 1.